The van der Waals surface area contributed by atoms with E-state index in [2.05, 4.69) is 10.3 Å². The van der Waals surface area contributed by atoms with E-state index in [4.69, 9.17) is 5.14 Å². The quantitative estimate of drug-likeness (QED) is 0.870. The summed E-state index contributed by atoms with van der Waals surface area (Å²) in [5, 5.41) is 8.34. The summed E-state index contributed by atoms with van der Waals surface area (Å²) in [4.78, 5) is 4.35. The summed E-state index contributed by atoms with van der Waals surface area (Å²) < 4.78 is 22.5. The first-order chi connectivity index (χ1) is 9.45. The van der Waals surface area contributed by atoms with Crippen molar-refractivity contribution in [2.45, 2.75) is 24.9 Å². The molecule has 5 nitrogen and oxygen atoms in total. The number of aromatic nitrogens is 1. The third kappa shape index (κ3) is 4.12. The fourth-order valence-corrected chi connectivity index (χ4v) is 2.37. The third-order valence-electron chi connectivity index (χ3n) is 2.86. The van der Waals surface area contributed by atoms with E-state index in [1.807, 2.05) is 31.3 Å². The molecule has 0 spiro atoms. The van der Waals surface area contributed by atoms with Crippen molar-refractivity contribution < 1.29 is 8.42 Å². The van der Waals surface area contributed by atoms with Gasteiger partial charge in [0, 0.05) is 25.0 Å². The lowest BCUT2D eigenvalue weighted by atomic mass is 10.2. The molecule has 0 bridgehead atoms. The second-order valence-corrected chi connectivity index (χ2v) is 6.17. The highest BCUT2D eigenvalue weighted by molar-refractivity contribution is 7.89. The number of aryl methyl sites for hydroxylation is 1. The van der Waals surface area contributed by atoms with E-state index in [1.165, 1.54) is 6.07 Å². The summed E-state index contributed by atoms with van der Waals surface area (Å²) >= 11 is 0. The molecule has 1 heterocycles. The van der Waals surface area contributed by atoms with Crippen molar-refractivity contribution in [3.63, 3.8) is 0 Å². The van der Waals surface area contributed by atoms with Gasteiger partial charge in [0.15, 0.2) is 0 Å². The fourth-order valence-electron chi connectivity index (χ4n) is 1.79. The van der Waals surface area contributed by atoms with Crippen LogP contribution in [0, 0.1) is 6.92 Å². The summed E-state index contributed by atoms with van der Waals surface area (Å²) in [5.74, 6) is 0. The van der Waals surface area contributed by atoms with Gasteiger partial charge in [-0.1, -0.05) is 18.2 Å². The van der Waals surface area contributed by atoms with Gasteiger partial charge >= 0.3 is 0 Å². The molecular weight excluding hydrogens is 274 g/mol. The third-order valence-corrected chi connectivity index (χ3v) is 3.77. The highest BCUT2D eigenvalue weighted by atomic mass is 32.2. The van der Waals surface area contributed by atoms with Gasteiger partial charge < -0.3 is 5.32 Å². The minimum atomic E-state index is -3.65. The van der Waals surface area contributed by atoms with Gasteiger partial charge in [-0.05, 0) is 36.2 Å². The first kappa shape index (κ1) is 14.6. The van der Waals surface area contributed by atoms with Crippen molar-refractivity contribution >= 4 is 10.0 Å². The number of nitrogens with two attached hydrogens (primary N) is 1. The van der Waals surface area contributed by atoms with Gasteiger partial charge in [0.25, 0.3) is 0 Å². The van der Waals surface area contributed by atoms with Crippen molar-refractivity contribution in [3.05, 3.63) is 59.4 Å². The first-order valence-corrected chi connectivity index (χ1v) is 7.74. The first-order valence-electron chi connectivity index (χ1n) is 6.19. The van der Waals surface area contributed by atoms with Crippen LogP contribution in [0.5, 0.6) is 0 Å². The molecule has 0 amide bonds. The maximum atomic E-state index is 11.3. The average Bonchev–Trinajstić information content (AvgIpc) is 2.40. The normalized spacial score (nSPS) is 11.5. The van der Waals surface area contributed by atoms with Crippen molar-refractivity contribution in [2.75, 3.05) is 0 Å². The van der Waals surface area contributed by atoms with Crippen LogP contribution >= 0.6 is 0 Å². The molecular formula is C14H17N3O2S. The van der Waals surface area contributed by atoms with Gasteiger partial charge in [0.1, 0.15) is 0 Å². The molecule has 0 fully saturated rings. The lowest BCUT2D eigenvalue weighted by molar-refractivity contribution is 0.597. The molecule has 6 heteroatoms. The molecule has 106 valence electrons. The number of nitrogens with zero attached hydrogens (tertiary/aromatic N) is 1. The van der Waals surface area contributed by atoms with Crippen molar-refractivity contribution in [1.29, 1.82) is 0 Å². The van der Waals surface area contributed by atoms with Gasteiger partial charge in [0.05, 0.1) is 4.90 Å². The Morgan fingerprint density at radius 1 is 1.15 bits per heavy atom. The Kier molecular flexibility index (Phi) is 4.49. The molecule has 1 aromatic carbocycles. The van der Waals surface area contributed by atoms with Crippen LogP contribution in [0.2, 0.25) is 0 Å². The molecule has 3 N–H and O–H groups in total. The van der Waals surface area contributed by atoms with Crippen molar-refractivity contribution in [3.8, 4) is 0 Å². The van der Waals surface area contributed by atoms with E-state index in [9.17, 15) is 8.42 Å². The predicted octanol–water partition coefficient (Wildman–Crippen LogP) is 1.33. The standard InChI is InChI=1S/C14H17N3O2S/c1-11-5-6-13(10-17-11)9-16-8-12-3-2-4-14(7-12)20(15,18)19/h2-7,10,16H,8-9H2,1H3,(H2,15,18,19). The van der Waals surface area contributed by atoms with Crippen LogP contribution in [0.15, 0.2) is 47.5 Å². The number of pyridine rings is 1. The molecule has 2 aromatic rings. The fraction of sp³-hybridized carbons (Fsp3) is 0.214. The van der Waals surface area contributed by atoms with Crippen molar-refractivity contribution in [1.82, 2.24) is 10.3 Å². The van der Waals surface area contributed by atoms with E-state index >= 15 is 0 Å². The van der Waals surface area contributed by atoms with E-state index in [0.717, 1.165) is 16.8 Å². The Labute approximate surface area is 118 Å². The summed E-state index contributed by atoms with van der Waals surface area (Å²) in [6.45, 7) is 3.18. The Morgan fingerprint density at radius 2 is 1.90 bits per heavy atom. The summed E-state index contributed by atoms with van der Waals surface area (Å²) in [6, 6.07) is 10.6. The van der Waals surface area contributed by atoms with Crippen LogP contribution < -0.4 is 10.5 Å². The second-order valence-electron chi connectivity index (χ2n) is 4.60. The molecule has 20 heavy (non-hydrogen) atoms. The minimum absolute atomic E-state index is 0.133. The molecule has 2 rings (SSSR count). The number of benzene rings is 1. The highest BCUT2D eigenvalue weighted by Gasteiger charge is 2.07. The van der Waals surface area contributed by atoms with E-state index in [0.29, 0.717) is 13.1 Å². The smallest absolute Gasteiger partial charge is 0.238 e. The molecule has 0 aliphatic rings. The lowest BCUT2D eigenvalue weighted by Gasteiger charge is -2.06. The van der Waals surface area contributed by atoms with Gasteiger partial charge in [-0.15, -0.1) is 0 Å². The maximum Gasteiger partial charge on any atom is 0.238 e. The minimum Gasteiger partial charge on any atom is -0.309 e. The van der Waals surface area contributed by atoms with Gasteiger partial charge in [-0.2, -0.15) is 0 Å². The molecule has 0 aliphatic carbocycles. The average molecular weight is 291 g/mol. The van der Waals surface area contributed by atoms with Crippen LogP contribution in [-0.2, 0) is 23.1 Å². The monoisotopic (exact) mass is 291 g/mol. The molecule has 1 aromatic heterocycles. The highest BCUT2D eigenvalue weighted by Crippen LogP contribution is 2.09. The van der Waals surface area contributed by atoms with Gasteiger partial charge in [-0.25, -0.2) is 13.6 Å². The van der Waals surface area contributed by atoms with E-state index < -0.39 is 10.0 Å². The SMILES string of the molecule is Cc1ccc(CNCc2cccc(S(N)(=O)=O)c2)cn1. The van der Waals surface area contributed by atoms with Crippen LogP contribution in [0.25, 0.3) is 0 Å². The Balaban J connectivity index is 1.96. The van der Waals surface area contributed by atoms with Crippen LogP contribution in [0.3, 0.4) is 0 Å². The van der Waals surface area contributed by atoms with E-state index in [-0.39, 0.29) is 4.90 Å². The van der Waals surface area contributed by atoms with Crippen LogP contribution in [-0.4, -0.2) is 13.4 Å². The number of nitrogens with one attached hydrogen (secondary N) is 1. The zero-order valence-electron chi connectivity index (χ0n) is 11.2. The number of hydrogen-bond donors (Lipinski definition) is 2. The van der Waals surface area contributed by atoms with E-state index in [1.54, 1.807) is 12.1 Å². The molecule has 0 aliphatic heterocycles. The number of rotatable bonds is 5. The number of sulfonamides is 1. The second kappa shape index (κ2) is 6.13. The van der Waals surface area contributed by atoms with Crippen molar-refractivity contribution in [2.24, 2.45) is 5.14 Å². The maximum absolute atomic E-state index is 11.3. The zero-order valence-corrected chi connectivity index (χ0v) is 12.0. The Hall–Kier alpha value is -1.76. The molecule has 0 unspecified atom stereocenters. The molecule has 0 atom stereocenters. The van der Waals surface area contributed by atoms with Gasteiger partial charge in [-0.3, -0.25) is 4.98 Å². The Bertz CT molecular complexity index is 682. The zero-order chi connectivity index (χ0) is 14.6. The molecule has 0 saturated carbocycles. The predicted molar refractivity (Wildman–Crippen MR) is 77.3 cm³/mol. The Morgan fingerprint density at radius 3 is 2.55 bits per heavy atom. The molecule has 0 saturated heterocycles. The number of hydrogen-bond acceptors (Lipinski definition) is 4. The summed E-state index contributed by atoms with van der Waals surface area (Å²) in [6.07, 6.45) is 1.82. The number of primary sulfonamides is 1. The van der Waals surface area contributed by atoms with Crippen LogP contribution in [0.1, 0.15) is 16.8 Å². The summed E-state index contributed by atoms with van der Waals surface area (Å²) in [5.41, 5.74) is 2.93. The topological polar surface area (TPSA) is 85.1 Å². The largest absolute Gasteiger partial charge is 0.309 e. The summed E-state index contributed by atoms with van der Waals surface area (Å²) in [7, 11) is -3.65. The lowest BCUT2D eigenvalue weighted by Crippen LogP contribution is -2.15. The molecule has 0 radical (unpaired) electrons. The van der Waals surface area contributed by atoms with Gasteiger partial charge in [0.2, 0.25) is 10.0 Å². The van der Waals surface area contributed by atoms with Crippen LogP contribution in [0.4, 0.5) is 0 Å².